The molecule has 0 saturated heterocycles. The average Bonchev–Trinajstić information content (AvgIpc) is 2.53. The van der Waals surface area contributed by atoms with Gasteiger partial charge in [0.2, 0.25) is 0 Å². The van der Waals surface area contributed by atoms with Crippen LogP contribution in [0, 0.1) is 22.9 Å². The summed E-state index contributed by atoms with van der Waals surface area (Å²) in [6.45, 7) is 1.40. The van der Waals surface area contributed by atoms with Gasteiger partial charge in [-0.15, -0.1) is 0 Å². The van der Waals surface area contributed by atoms with E-state index in [2.05, 4.69) is 0 Å². The second-order valence-electron chi connectivity index (χ2n) is 4.88. The number of rotatable bonds is 6. The maximum Gasteiger partial charge on any atom is 0.276 e. The van der Waals surface area contributed by atoms with E-state index in [0.29, 0.717) is 16.9 Å². The number of ether oxygens (including phenoxy) is 2. The Morgan fingerprint density at radius 3 is 2.65 bits per heavy atom. The first kappa shape index (κ1) is 16.7. The van der Waals surface area contributed by atoms with E-state index >= 15 is 0 Å². The molecule has 23 heavy (non-hydrogen) atoms. The molecule has 0 aliphatic heterocycles. The zero-order valence-corrected chi connectivity index (χ0v) is 12.7. The fourth-order valence-electron chi connectivity index (χ4n) is 2.11. The summed E-state index contributed by atoms with van der Waals surface area (Å²) in [5, 5.41) is 21.0. The van der Waals surface area contributed by atoms with E-state index in [1.165, 1.54) is 31.4 Å². The highest BCUT2D eigenvalue weighted by molar-refractivity contribution is 5.48. The molecule has 0 spiro atoms. The van der Waals surface area contributed by atoms with Gasteiger partial charge in [0.1, 0.15) is 18.5 Å². The van der Waals surface area contributed by atoms with Crippen LogP contribution in [-0.2, 0) is 0 Å². The highest BCUT2D eigenvalue weighted by Gasteiger charge is 2.16. The molecule has 2 aromatic rings. The predicted octanol–water partition coefficient (Wildman–Crippen LogP) is 3.16. The number of hydrogen-bond acceptors (Lipinski definition) is 5. The Morgan fingerprint density at radius 2 is 2.04 bits per heavy atom. The van der Waals surface area contributed by atoms with Gasteiger partial charge in [0.15, 0.2) is 11.6 Å². The lowest BCUT2D eigenvalue weighted by atomic mass is 10.1. The van der Waals surface area contributed by atoms with Crippen LogP contribution in [0.15, 0.2) is 36.4 Å². The Balaban J connectivity index is 2.10. The molecule has 1 atom stereocenters. The summed E-state index contributed by atoms with van der Waals surface area (Å²) in [6.07, 6.45) is -1.07. The number of nitrogens with zero attached hydrogens (tertiary/aromatic N) is 1. The maximum absolute atomic E-state index is 13.6. The lowest BCUT2D eigenvalue weighted by molar-refractivity contribution is -0.385. The fourth-order valence-corrected chi connectivity index (χ4v) is 2.11. The molecule has 7 heteroatoms. The van der Waals surface area contributed by atoms with Crippen molar-refractivity contribution in [2.45, 2.75) is 13.0 Å². The number of aliphatic hydroxyl groups is 1. The third-order valence-electron chi connectivity index (χ3n) is 3.41. The van der Waals surface area contributed by atoms with Gasteiger partial charge in [-0.25, -0.2) is 4.39 Å². The SMILES string of the molecule is COc1ccc(C(O)COc2cccc([N+](=O)[O-])c2C)cc1F. The van der Waals surface area contributed by atoms with E-state index in [9.17, 15) is 19.6 Å². The van der Waals surface area contributed by atoms with Gasteiger partial charge in [0, 0.05) is 6.07 Å². The molecule has 0 heterocycles. The van der Waals surface area contributed by atoms with Crippen LogP contribution in [0.2, 0.25) is 0 Å². The van der Waals surface area contributed by atoms with E-state index in [-0.39, 0.29) is 18.0 Å². The van der Waals surface area contributed by atoms with E-state index in [1.54, 1.807) is 13.0 Å². The summed E-state index contributed by atoms with van der Waals surface area (Å²) in [7, 11) is 1.35. The number of benzene rings is 2. The lowest BCUT2D eigenvalue weighted by Crippen LogP contribution is -2.11. The molecule has 0 aliphatic rings. The van der Waals surface area contributed by atoms with E-state index < -0.39 is 16.8 Å². The van der Waals surface area contributed by atoms with Crippen molar-refractivity contribution in [3.05, 3.63) is 63.5 Å². The van der Waals surface area contributed by atoms with Gasteiger partial charge in [-0.05, 0) is 30.7 Å². The number of halogens is 1. The summed E-state index contributed by atoms with van der Waals surface area (Å²) in [5.41, 5.74) is 0.629. The van der Waals surface area contributed by atoms with Gasteiger partial charge < -0.3 is 14.6 Å². The highest BCUT2D eigenvalue weighted by atomic mass is 19.1. The quantitative estimate of drug-likeness (QED) is 0.653. The molecular weight excluding hydrogens is 305 g/mol. The van der Waals surface area contributed by atoms with Crippen molar-refractivity contribution < 1.29 is 23.9 Å². The van der Waals surface area contributed by atoms with Crippen molar-refractivity contribution >= 4 is 5.69 Å². The monoisotopic (exact) mass is 321 g/mol. The van der Waals surface area contributed by atoms with Crippen molar-refractivity contribution in [1.29, 1.82) is 0 Å². The Bertz CT molecular complexity index is 720. The summed E-state index contributed by atoms with van der Waals surface area (Å²) in [5.74, 6) is -0.209. The molecule has 2 rings (SSSR count). The van der Waals surface area contributed by atoms with Crippen molar-refractivity contribution in [3.63, 3.8) is 0 Å². The van der Waals surface area contributed by atoms with Gasteiger partial charge in [-0.1, -0.05) is 12.1 Å². The number of aliphatic hydroxyl groups excluding tert-OH is 1. The largest absolute Gasteiger partial charge is 0.494 e. The Kier molecular flexibility index (Phi) is 5.13. The van der Waals surface area contributed by atoms with E-state index in [0.717, 1.165) is 6.07 Å². The van der Waals surface area contributed by atoms with Crippen molar-refractivity contribution in [2.75, 3.05) is 13.7 Å². The van der Waals surface area contributed by atoms with Crippen LogP contribution < -0.4 is 9.47 Å². The first-order valence-corrected chi connectivity index (χ1v) is 6.82. The smallest absolute Gasteiger partial charge is 0.276 e. The van der Waals surface area contributed by atoms with E-state index in [1.807, 2.05) is 0 Å². The Labute approximate surface area is 132 Å². The second-order valence-corrected chi connectivity index (χ2v) is 4.88. The second kappa shape index (κ2) is 7.06. The molecule has 0 aromatic heterocycles. The molecule has 2 aromatic carbocycles. The van der Waals surface area contributed by atoms with Crippen molar-refractivity contribution in [1.82, 2.24) is 0 Å². The minimum Gasteiger partial charge on any atom is -0.494 e. The van der Waals surface area contributed by atoms with Gasteiger partial charge in [-0.3, -0.25) is 10.1 Å². The number of methoxy groups -OCH3 is 1. The number of nitro groups is 1. The van der Waals surface area contributed by atoms with Crippen LogP contribution in [0.5, 0.6) is 11.5 Å². The predicted molar refractivity (Wildman–Crippen MR) is 81.2 cm³/mol. The maximum atomic E-state index is 13.6. The number of nitro benzene ring substituents is 1. The molecule has 0 fully saturated rings. The highest BCUT2D eigenvalue weighted by Crippen LogP contribution is 2.28. The molecule has 1 unspecified atom stereocenters. The van der Waals surface area contributed by atoms with Crippen LogP contribution in [0.25, 0.3) is 0 Å². The Morgan fingerprint density at radius 1 is 1.30 bits per heavy atom. The van der Waals surface area contributed by atoms with Gasteiger partial charge in [0.05, 0.1) is 17.6 Å². The standard InChI is InChI=1S/C16H16FNO5/c1-10-13(18(20)21)4-3-5-15(10)23-9-14(19)11-6-7-16(22-2)12(17)8-11/h3-8,14,19H,9H2,1-2H3. The van der Waals surface area contributed by atoms with E-state index in [4.69, 9.17) is 9.47 Å². The zero-order valence-electron chi connectivity index (χ0n) is 12.7. The molecule has 1 N–H and O–H groups in total. The summed E-state index contributed by atoms with van der Waals surface area (Å²) >= 11 is 0. The molecule has 0 amide bonds. The van der Waals surface area contributed by atoms with Crippen molar-refractivity contribution in [3.8, 4) is 11.5 Å². The third kappa shape index (κ3) is 3.75. The molecule has 0 radical (unpaired) electrons. The first-order chi connectivity index (χ1) is 10.9. The van der Waals surface area contributed by atoms with Gasteiger partial charge in [-0.2, -0.15) is 0 Å². The normalized spacial score (nSPS) is 11.8. The van der Waals surface area contributed by atoms with Gasteiger partial charge >= 0.3 is 0 Å². The van der Waals surface area contributed by atoms with Crippen LogP contribution in [0.4, 0.5) is 10.1 Å². The third-order valence-corrected chi connectivity index (χ3v) is 3.41. The van der Waals surface area contributed by atoms with Crippen molar-refractivity contribution in [2.24, 2.45) is 0 Å². The fraction of sp³-hybridized carbons (Fsp3) is 0.250. The lowest BCUT2D eigenvalue weighted by Gasteiger charge is -2.15. The molecular formula is C16H16FNO5. The van der Waals surface area contributed by atoms with Crippen LogP contribution in [-0.4, -0.2) is 23.7 Å². The molecule has 0 aliphatic carbocycles. The summed E-state index contributed by atoms with van der Waals surface area (Å²) < 4.78 is 23.9. The Hall–Kier alpha value is -2.67. The zero-order chi connectivity index (χ0) is 17.0. The topological polar surface area (TPSA) is 81.8 Å². The number of hydrogen-bond donors (Lipinski definition) is 1. The van der Waals surface area contributed by atoms with Crippen LogP contribution in [0.3, 0.4) is 0 Å². The van der Waals surface area contributed by atoms with Crippen LogP contribution in [0.1, 0.15) is 17.2 Å². The molecule has 0 saturated carbocycles. The summed E-state index contributed by atoms with van der Waals surface area (Å²) in [6, 6.07) is 8.54. The average molecular weight is 321 g/mol. The first-order valence-electron chi connectivity index (χ1n) is 6.82. The molecule has 0 bridgehead atoms. The molecule has 122 valence electrons. The van der Waals surface area contributed by atoms with Crippen LogP contribution >= 0.6 is 0 Å². The minimum absolute atomic E-state index is 0.0625. The molecule has 6 nitrogen and oxygen atoms in total. The minimum atomic E-state index is -1.07. The van der Waals surface area contributed by atoms with Gasteiger partial charge in [0.25, 0.3) is 5.69 Å². The summed E-state index contributed by atoms with van der Waals surface area (Å²) in [4.78, 5) is 10.4.